The number of anilines is 1. The van der Waals surface area contributed by atoms with E-state index in [2.05, 4.69) is 50.5 Å². The largest absolute Gasteiger partial charge is 0.383 e. The highest BCUT2D eigenvalue weighted by molar-refractivity contribution is 5.53. The standard InChI is InChI=1S/C19H28N4O/c1-17-6-3-4-7-19(17)22-9-5-8-21(10-11-22)15-18-14-20-16-23(18)12-13-24-2/h3-4,6-7,14,16H,5,8-13,15H2,1-2H3. The maximum absolute atomic E-state index is 5.19. The van der Waals surface area contributed by atoms with E-state index >= 15 is 0 Å². The van der Waals surface area contributed by atoms with E-state index in [9.17, 15) is 0 Å². The molecule has 1 aromatic heterocycles. The lowest BCUT2D eigenvalue weighted by atomic mass is 10.2. The van der Waals surface area contributed by atoms with Crippen LogP contribution in [0.3, 0.4) is 0 Å². The predicted octanol–water partition coefficient (Wildman–Crippen LogP) is 2.55. The number of nitrogens with zero attached hydrogens (tertiary/aromatic N) is 4. The van der Waals surface area contributed by atoms with Gasteiger partial charge in [0.1, 0.15) is 0 Å². The van der Waals surface area contributed by atoms with Gasteiger partial charge in [-0.2, -0.15) is 0 Å². The lowest BCUT2D eigenvalue weighted by Crippen LogP contribution is -2.31. The van der Waals surface area contributed by atoms with Crippen LogP contribution < -0.4 is 4.90 Å². The van der Waals surface area contributed by atoms with Crippen LogP contribution in [0.5, 0.6) is 0 Å². The number of aryl methyl sites for hydroxylation is 1. The molecule has 1 aliphatic heterocycles. The van der Waals surface area contributed by atoms with Gasteiger partial charge in [-0.3, -0.25) is 4.90 Å². The lowest BCUT2D eigenvalue weighted by molar-refractivity contribution is 0.184. The summed E-state index contributed by atoms with van der Waals surface area (Å²) >= 11 is 0. The Bertz CT molecular complexity index is 640. The molecule has 24 heavy (non-hydrogen) atoms. The monoisotopic (exact) mass is 328 g/mol. The SMILES string of the molecule is COCCn1cncc1CN1CCCN(c2ccccc2C)CC1. The highest BCUT2D eigenvalue weighted by Crippen LogP contribution is 2.21. The molecule has 0 spiro atoms. The zero-order valence-corrected chi connectivity index (χ0v) is 14.8. The molecule has 0 amide bonds. The molecule has 1 aliphatic rings. The van der Waals surface area contributed by atoms with Crippen molar-refractivity contribution >= 4 is 5.69 Å². The molecule has 0 radical (unpaired) electrons. The van der Waals surface area contributed by atoms with Crippen molar-refractivity contribution in [1.29, 1.82) is 0 Å². The molecule has 1 fully saturated rings. The Morgan fingerprint density at radius 3 is 2.83 bits per heavy atom. The third-order valence-electron chi connectivity index (χ3n) is 4.77. The molecular formula is C19H28N4O. The molecule has 1 aromatic carbocycles. The molecule has 3 rings (SSSR count). The summed E-state index contributed by atoms with van der Waals surface area (Å²) in [6, 6.07) is 8.70. The molecule has 0 saturated carbocycles. The van der Waals surface area contributed by atoms with Crippen LogP contribution in [0.1, 0.15) is 17.7 Å². The van der Waals surface area contributed by atoms with Crippen molar-refractivity contribution in [3.63, 3.8) is 0 Å². The first-order valence-corrected chi connectivity index (χ1v) is 8.79. The molecule has 5 heteroatoms. The lowest BCUT2D eigenvalue weighted by Gasteiger charge is -2.25. The van der Waals surface area contributed by atoms with E-state index in [1.807, 2.05) is 12.5 Å². The van der Waals surface area contributed by atoms with Gasteiger partial charge >= 0.3 is 0 Å². The molecule has 2 aromatic rings. The van der Waals surface area contributed by atoms with Gasteiger partial charge in [-0.15, -0.1) is 0 Å². The second-order valence-electron chi connectivity index (χ2n) is 6.47. The van der Waals surface area contributed by atoms with E-state index in [0.717, 1.165) is 45.9 Å². The summed E-state index contributed by atoms with van der Waals surface area (Å²) in [7, 11) is 1.74. The highest BCUT2D eigenvalue weighted by atomic mass is 16.5. The molecule has 1 saturated heterocycles. The molecule has 0 atom stereocenters. The van der Waals surface area contributed by atoms with Gasteiger partial charge in [0.05, 0.1) is 18.6 Å². The molecule has 0 unspecified atom stereocenters. The van der Waals surface area contributed by atoms with E-state index in [4.69, 9.17) is 4.74 Å². The van der Waals surface area contributed by atoms with Crippen molar-refractivity contribution in [2.24, 2.45) is 0 Å². The molecule has 2 heterocycles. The topological polar surface area (TPSA) is 33.5 Å². The van der Waals surface area contributed by atoms with Crippen molar-refractivity contribution in [2.45, 2.75) is 26.4 Å². The third-order valence-corrected chi connectivity index (χ3v) is 4.77. The Hall–Kier alpha value is -1.85. The highest BCUT2D eigenvalue weighted by Gasteiger charge is 2.17. The summed E-state index contributed by atoms with van der Waals surface area (Å²) in [6.45, 7) is 9.19. The van der Waals surface area contributed by atoms with Gasteiger partial charge in [0.25, 0.3) is 0 Å². The Kier molecular flexibility index (Phi) is 5.88. The first kappa shape index (κ1) is 17.0. The van der Waals surface area contributed by atoms with E-state index in [1.165, 1.54) is 23.4 Å². The maximum atomic E-state index is 5.19. The van der Waals surface area contributed by atoms with Crippen LogP contribution >= 0.6 is 0 Å². The van der Waals surface area contributed by atoms with Crippen LogP contribution in [0.2, 0.25) is 0 Å². The first-order chi connectivity index (χ1) is 11.8. The molecule has 0 bridgehead atoms. The molecule has 5 nitrogen and oxygen atoms in total. The number of para-hydroxylation sites is 1. The van der Waals surface area contributed by atoms with Crippen LogP contribution in [0.4, 0.5) is 5.69 Å². The molecular weight excluding hydrogens is 300 g/mol. The normalized spacial score (nSPS) is 16.3. The number of benzene rings is 1. The fourth-order valence-corrected chi connectivity index (χ4v) is 3.39. The van der Waals surface area contributed by atoms with E-state index in [0.29, 0.717) is 0 Å². The van der Waals surface area contributed by atoms with Gasteiger partial charge in [-0.1, -0.05) is 18.2 Å². The minimum absolute atomic E-state index is 0.727. The molecule has 0 aliphatic carbocycles. The molecule has 130 valence electrons. The van der Waals surface area contributed by atoms with Gasteiger partial charge in [0.15, 0.2) is 0 Å². The predicted molar refractivity (Wildman–Crippen MR) is 97.4 cm³/mol. The Morgan fingerprint density at radius 1 is 1.12 bits per heavy atom. The van der Waals surface area contributed by atoms with Gasteiger partial charge in [-0.25, -0.2) is 4.98 Å². The summed E-state index contributed by atoms with van der Waals surface area (Å²) < 4.78 is 7.39. The number of hydrogen-bond acceptors (Lipinski definition) is 4. The fraction of sp³-hybridized carbons (Fsp3) is 0.526. The average molecular weight is 328 g/mol. The van der Waals surface area contributed by atoms with Crippen LogP contribution in [0, 0.1) is 6.92 Å². The zero-order chi connectivity index (χ0) is 16.8. The third kappa shape index (κ3) is 4.16. The number of methoxy groups -OCH3 is 1. The van der Waals surface area contributed by atoms with Crippen LogP contribution in [-0.2, 0) is 17.8 Å². The second kappa shape index (κ2) is 8.31. The van der Waals surface area contributed by atoms with Crippen molar-refractivity contribution < 1.29 is 4.74 Å². The number of imidazole rings is 1. The first-order valence-electron chi connectivity index (χ1n) is 8.79. The van der Waals surface area contributed by atoms with Gasteiger partial charge in [-0.05, 0) is 25.0 Å². The minimum Gasteiger partial charge on any atom is -0.383 e. The quantitative estimate of drug-likeness (QED) is 0.816. The zero-order valence-electron chi connectivity index (χ0n) is 14.8. The summed E-state index contributed by atoms with van der Waals surface area (Å²) in [4.78, 5) is 9.37. The summed E-state index contributed by atoms with van der Waals surface area (Å²) in [6.07, 6.45) is 5.09. The number of rotatable bonds is 6. The second-order valence-corrected chi connectivity index (χ2v) is 6.47. The fourth-order valence-electron chi connectivity index (χ4n) is 3.39. The average Bonchev–Trinajstić information content (AvgIpc) is 2.90. The van der Waals surface area contributed by atoms with Crippen molar-refractivity contribution in [2.75, 3.05) is 44.8 Å². The smallest absolute Gasteiger partial charge is 0.0949 e. The number of ether oxygens (including phenoxy) is 1. The van der Waals surface area contributed by atoms with Crippen molar-refractivity contribution in [3.05, 3.63) is 48.0 Å². The summed E-state index contributed by atoms with van der Waals surface area (Å²) in [5.74, 6) is 0. The molecule has 0 N–H and O–H groups in total. The van der Waals surface area contributed by atoms with Gasteiger partial charge in [0, 0.05) is 58.3 Å². The Labute approximate surface area is 144 Å². The van der Waals surface area contributed by atoms with Crippen molar-refractivity contribution in [3.8, 4) is 0 Å². The van der Waals surface area contributed by atoms with Gasteiger partial charge < -0.3 is 14.2 Å². The van der Waals surface area contributed by atoms with Gasteiger partial charge in [0.2, 0.25) is 0 Å². The van der Waals surface area contributed by atoms with Crippen LogP contribution in [0.15, 0.2) is 36.8 Å². The Balaban J connectivity index is 1.60. The van der Waals surface area contributed by atoms with Crippen LogP contribution in [-0.4, -0.2) is 54.3 Å². The van der Waals surface area contributed by atoms with Crippen molar-refractivity contribution in [1.82, 2.24) is 14.5 Å². The number of hydrogen-bond donors (Lipinski definition) is 0. The van der Waals surface area contributed by atoms with Crippen LogP contribution in [0.25, 0.3) is 0 Å². The number of aromatic nitrogens is 2. The van der Waals surface area contributed by atoms with E-state index in [-0.39, 0.29) is 0 Å². The summed E-state index contributed by atoms with van der Waals surface area (Å²) in [5.41, 5.74) is 4.02. The van der Waals surface area contributed by atoms with E-state index < -0.39 is 0 Å². The summed E-state index contributed by atoms with van der Waals surface area (Å²) in [5, 5.41) is 0. The maximum Gasteiger partial charge on any atom is 0.0949 e. The minimum atomic E-state index is 0.727. The Morgan fingerprint density at radius 2 is 2.00 bits per heavy atom. The van der Waals surface area contributed by atoms with E-state index in [1.54, 1.807) is 7.11 Å².